The van der Waals surface area contributed by atoms with E-state index in [1.54, 1.807) is 0 Å². The van der Waals surface area contributed by atoms with Gasteiger partial charge < -0.3 is 9.88 Å². The van der Waals surface area contributed by atoms with Crippen molar-refractivity contribution in [1.82, 2.24) is 9.88 Å². The normalized spacial score (nSPS) is 14.8. The highest BCUT2D eigenvalue weighted by Crippen LogP contribution is 2.27. The molecule has 1 fully saturated rings. The molecule has 1 aliphatic carbocycles. The zero-order chi connectivity index (χ0) is 13.2. The van der Waals surface area contributed by atoms with Gasteiger partial charge in [-0.1, -0.05) is 25.1 Å². The lowest BCUT2D eigenvalue weighted by Gasteiger charge is -2.21. The lowest BCUT2D eigenvalue weighted by Crippen LogP contribution is -2.35. The number of carbonyl (C=O) groups excluding carboxylic acids is 1. The number of hydrogen-bond acceptors (Lipinski definition) is 1. The van der Waals surface area contributed by atoms with Gasteiger partial charge in [-0.15, -0.1) is 0 Å². The molecule has 1 saturated carbocycles. The minimum Gasteiger partial charge on any atom is -0.358 e. The minimum absolute atomic E-state index is 0.260. The Morgan fingerprint density at radius 1 is 1.37 bits per heavy atom. The first-order valence-corrected chi connectivity index (χ1v) is 7.14. The highest BCUT2D eigenvalue weighted by molar-refractivity contribution is 5.84. The van der Waals surface area contributed by atoms with Crippen molar-refractivity contribution in [3.05, 3.63) is 36.0 Å². The van der Waals surface area contributed by atoms with Crippen LogP contribution in [0, 0.1) is 0 Å². The largest absolute Gasteiger partial charge is 0.358 e. The molecule has 100 valence electrons. The highest BCUT2D eigenvalue weighted by Gasteiger charge is 2.31. The van der Waals surface area contributed by atoms with Gasteiger partial charge in [-0.3, -0.25) is 4.79 Å². The van der Waals surface area contributed by atoms with Crippen LogP contribution in [0.1, 0.15) is 31.9 Å². The Hall–Kier alpha value is -1.77. The van der Waals surface area contributed by atoms with E-state index < -0.39 is 0 Å². The van der Waals surface area contributed by atoms with Gasteiger partial charge in [-0.05, 0) is 36.8 Å². The van der Waals surface area contributed by atoms with Gasteiger partial charge in [0.1, 0.15) is 0 Å². The second-order valence-electron chi connectivity index (χ2n) is 5.38. The van der Waals surface area contributed by atoms with Crippen LogP contribution in [0.5, 0.6) is 0 Å². The number of hydrogen-bond donors (Lipinski definition) is 1. The Kier molecular flexibility index (Phi) is 3.28. The zero-order valence-corrected chi connectivity index (χ0v) is 11.4. The van der Waals surface area contributed by atoms with Crippen molar-refractivity contribution in [3.8, 4) is 0 Å². The van der Waals surface area contributed by atoms with Crippen LogP contribution in [0.25, 0.3) is 10.9 Å². The first-order valence-electron chi connectivity index (χ1n) is 7.14. The molecule has 0 saturated heterocycles. The Morgan fingerprint density at radius 2 is 2.16 bits per heavy atom. The number of rotatable bonds is 5. The molecule has 0 radical (unpaired) electrons. The number of amides is 1. The van der Waals surface area contributed by atoms with Crippen molar-refractivity contribution in [2.45, 2.75) is 38.6 Å². The van der Waals surface area contributed by atoms with E-state index in [4.69, 9.17) is 0 Å². The van der Waals surface area contributed by atoms with Crippen molar-refractivity contribution in [2.24, 2.45) is 0 Å². The van der Waals surface area contributed by atoms with Crippen LogP contribution < -0.4 is 0 Å². The lowest BCUT2D eigenvalue weighted by molar-refractivity contribution is -0.131. The van der Waals surface area contributed by atoms with E-state index in [9.17, 15) is 4.79 Å². The summed E-state index contributed by atoms with van der Waals surface area (Å²) < 4.78 is 0. The van der Waals surface area contributed by atoms with Crippen LogP contribution in [0.3, 0.4) is 0 Å². The molecule has 1 N–H and O–H groups in total. The Bertz CT molecular complexity index is 550. The van der Waals surface area contributed by atoms with E-state index in [1.165, 1.54) is 18.2 Å². The first kappa shape index (κ1) is 12.3. The van der Waals surface area contributed by atoms with E-state index >= 15 is 0 Å². The molecule has 19 heavy (non-hydrogen) atoms. The third kappa shape index (κ3) is 2.65. The molecule has 1 amide bonds. The summed E-state index contributed by atoms with van der Waals surface area (Å²) in [5, 5.41) is 1.18. The van der Waals surface area contributed by atoms with E-state index in [0.717, 1.165) is 24.2 Å². The molecule has 0 unspecified atom stereocenters. The van der Waals surface area contributed by atoms with Crippen LogP contribution in [-0.2, 0) is 11.2 Å². The summed E-state index contributed by atoms with van der Waals surface area (Å²) in [6.07, 6.45) is 3.89. The van der Waals surface area contributed by atoms with Crippen molar-refractivity contribution < 1.29 is 4.79 Å². The van der Waals surface area contributed by atoms with Gasteiger partial charge in [0.25, 0.3) is 0 Å². The number of H-pyrrole nitrogens is 1. The number of aromatic amines is 1. The molecule has 1 aromatic heterocycles. The van der Waals surface area contributed by atoms with E-state index in [0.29, 0.717) is 12.5 Å². The second kappa shape index (κ2) is 5.08. The third-order valence-corrected chi connectivity index (χ3v) is 3.70. The average molecular weight is 256 g/mol. The summed E-state index contributed by atoms with van der Waals surface area (Å²) in [5.74, 6) is 0.260. The maximum atomic E-state index is 12.4. The fourth-order valence-corrected chi connectivity index (χ4v) is 2.63. The van der Waals surface area contributed by atoms with Gasteiger partial charge in [-0.25, -0.2) is 0 Å². The summed E-state index contributed by atoms with van der Waals surface area (Å²) >= 11 is 0. The second-order valence-corrected chi connectivity index (χ2v) is 5.38. The van der Waals surface area contributed by atoms with Gasteiger partial charge in [0.05, 0.1) is 6.42 Å². The van der Waals surface area contributed by atoms with Crippen LogP contribution in [0.2, 0.25) is 0 Å². The SMILES string of the molecule is CCCN(C(=O)Cc1cc2ccccc2[nH]1)C1CC1. The summed E-state index contributed by atoms with van der Waals surface area (Å²) in [6, 6.07) is 10.8. The van der Waals surface area contributed by atoms with Crippen molar-refractivity contribution in [3.63, 3.8) is 0 Å². The predicted molar refractivity (Wildman–Crippen MR) is 77.0 cm³/mol. The Labute approximate surface area is 113 Å². The highest BCUT2D eigenvalue weighted by atomic mass is 16.2. The lowest BCUT2D eigenvalue weighted by atomic mass is 10.2. The minimum atomic E-state index is 0.260. The topological polar surface area (TPSA) is 36.1 Å². The smallest absolute Gasteiger partial charge is 0.228 e. The molecule has 3 rings (SSSR count). The third-order valence-electron chi connectivity index (χ3n) is 3.70. The van der Waals surface area contributed by atoms with E-state index in [1.807, 2.05) is 18.2 Å². The summed E-state index contributed by atoms with van der Waals surface area (Å²) in [4.78, 5) is 17.8. The standard InChI is InChI=1S/C16H20N2O/c1-2-9-18(14-7-8-14)16(19)11-13-10-12-5-3-4-6-15(12)17-13/h3-6,10,14,17H,2,7-9,11H2,1H3. The maximum absolute atomic E-state index is 12.4. The molecule has 0 aliphatic heterocycles. The van der Waals surface area contributed by atoms with Crippen LogP contribution in [0.15, 0.2) is 30.3 Å². The number of nitrogens with one attached hydrogen (secondary N) is 1. The fourth-order valence-electron chi connectivity index (χ4n) is 2.63. The quantitative estimate of drug-likeness (QED) is 0.876. The summed E-state index contributed by atoms with van der Waals surface area (Å²) in [7, 11) is 0. The van der Waals surface area contributed by atoms with Crippen LogP contribution in [-0.4, -0.2) is 28.4 Å². The van der Waals surface area contributed by atoms with Crippen LogP contribution >= 0.6 is 0 Å². The number of nitrogens with zero attached hydrogens (tertiary/aromatic N) is 1. The number of aromatic nitrogens is 1. The molecule has 3 nitrogen and oxygen atoms in total. The number of para-hydroxylation sites is 1. The van der Waals surface area contributed by atoms with Gasteiger partial charge in [0.15, 0.2) is 0 Å². The molecule has 2 aromatic rings. The number of carbonyl (C=O) groups is 1. The van der Waals surface area contributed by atoms with Crippen molar-refractivity contribution in [1.29, 1.82) is 0 Å². The average Bonchev–Trinajstić information content (AvgIpc) is 3.15. The predicted octanol–water partition coefficient (Wildman–Crippen LogP) is 3.11. The van der Waals surface area contributed by atoms with E-state index in [2.05, 4.69) is 28.9 Å². The fraction of sp³-hybridized carbons (Fsp3) is 0.438. The molecule has 1 aromatic carbocycles. The molecule has 0 atom stereocenters. The maximum Gasteiger partial charge on any atom is 0.228 e. The van der Waals surface area contributed by atoms with Gasteiger partial charge in [0.2, 0.25) is 5.91 Å². The molecule has 0 bridgehead atoms. The molecule has 0 spiro atoms. The van der Waals surface area contributed by atoms with Crippen molar-refractivity contribution in [2.75, 3.05) is 6.54 Å². The molecular formula is C16H20N2O. The summed E-state index contributed by atoms with van der Waals surface area (Å²) in [6.45, 7) is 3.02. The summed E-state index contributed by atoms with van der Waals surface area (Å²) in [5.41, 5.74) is 2.13. The molecule has 1 heterocycles. The Morgan fingerprint density at radius 3 is 2.84 bits per heavy atom. The first-order chi connectivity index (χ1) is 9.28. The van der Waals surface area contributed by atoms with Gasteiger partial charge in [0, 0.05) is 23.8 Å². The monoisotopic (exact) mass is 256 g/mol. The number of benzene rings is 1. The molecule has 1 aliphatic rings. The van der Waals surface area contributed by atoms with Gasteiger partial charge in [-0.2, -0.15) is 0 Å². The number of fused-ring (bicyclic) bond motifs is 1. The van der Waals surface area contributed by atoms with Crippen LogP contribution in [0.4, 0.5) is 0 Å². The molecular weight excluding hydrogens is 236 g/mol. The molecule has 3 heteroatoms. The van der Waals surface area contributed by atoms with Gasteiger partial charge >= 0.3 is 0 Å². The van der Waals surface area contributed by atoms with E-state index in [-0.39, 0.29) is 5.91 Å². The Balaban J connectivity index is 1.74. The zero-order valence-electron chi connectivity index (χ0n) is 11.4. The van der Waals surface area contributed by atoms with Crippen molar-refractivity contribution >= 4 is 16.8 Å².